The summed E-state index contributed by atoms with van der Waals surface area (Å²) in [4.78, 5) is 33.0. The van der Waals surface area contributed by atoms with Gasteiger partial charge in [0.25, 0.3) is 11.8 Å². The Balaban J connectivity index is 1.73. The number of aryl methyl sites for hydroxylation is 1. The molecule has 3 heterocycles. The van der Waals surface area contributed by atoms with E-state index in [-0.39, 0.29) is 27.2 Å². The number of halogens is 2. The monoisotopic (exact) mass is 477 g/mol. The highest BCUT2D eigenvalue weighted by atomic mass is 35.5. The summed E-state index contributed by atoms with van der Waals surface area (Å²) < 4.78 is 15.6. The Kier molecular flexibility index (Phi) is 5.96. The largest absolute Gasteiger partial charge is 0.364 e. The third-order valence-corrected chi connectivity index (χ3v) is 5.61. The minimum absolute atomic E-state index is 0.0492. The number of nitrogens with zero attached hydrogens (tertiary/aromatic N) is 5. The molecule has 1 aromatic carbocycles. The number of aromatic nitrogens is 4. The maximum atomic E-state index is 14.0. The fourth-order valence-electron chi connectivity index (χ4n) is 3.57. The molecule has 4 rings (SSSR count). The van der Waals surface area contributed by atoms with Crippen LogP contribution in [0.4, 0.5) is 10.1 Å². The highest BCUT2D eigenvalue weighted by Gasteiger charge is 2.21. The van der Waals surface area contributed by atoms with E-state index in [1.807, 2.05) is 0 Å². The normalized spacial score (nSPS) is 10.8. The molecule has 0 aliphatic heterocycles. The van der Waals surface area contributed by atoms with E-state index < -0.39 is 17.6 Å². The number of carbonyl (C=O) groups is 2. The van der Waals surface area contributed by atoms with Crippen LogP contribution in [0.15, 0.2) is 36.7 Å². The summed E-state index contributed by atoms with van der Waals surface area (Å²) in [7, 11) is 0. The Bertz CT molecular complexity index is 1520. The predicted octanol–water partition coefficient (Wildman–Crippen LogP) is 3.51. The topological polar surface area (TPSA) is 140 Å². The van der Waals surface area contributed by atoms with E-state index in [1.165, 1.54) is 18.3 Å². The minimum atomic E-state index is -0.864. The number of nitriles is 1. The van der Waals surface area contributed by atoms with Gasteiger partial charge in [0.05, 0.1) is 45.3 Å². The van der Waals surface area contributed by atoms with Gasteiger partial charge in [0.1, 0.15) is 17.6 Å². The number of nitrogens with one attached hydrogen (secondary N) is 1. The van der Waals surface area contributed by atoms with Crippen LogP contribution in [0, 0.1) is 31.0 Å². The van der Waals surface area contributed by atoms with Crippen LogP contribution in [0.5, 0.6) is 0 Å². The van der Waals surface area contributed by atoms with E-state index in [4.69, 9.17) is 17.3 Å². The van der Waals surface area contributed by atoms with Gasteiger partial charge in [-0.25, -0.2) is 9.37 Å². The second-order valence-corrected chi connectivity index (χ2v) is 7.91. The molecule has 0 fully saturated rings. The van der Waals surface area contributed by atoms with Crippen LogP contribution in [0.2, 0.25) is 5.02 Å². The van der Waals surface area contributed by atoms with E-state index in [1.54, 1.807) is 30.8 Å². The smallest absolute Gasteiger partial charge is 0.267 e. The van der Waals surface area contributed by atoms with Crippen molar-refractivity contribution < 1.29 is 14.0 Å². The van der Waals surface area contributed by atoms with Crippen molar-refractivity contribution >= 4 is 40.0 Å². The van der Waals surface area contributed by atoms with Crippen molar-refractivity contribution in [2.45, 2.75) is 20.4 Å². The number of nitrogens with two attached hydrogens (primary N) is 1. The SMILES string of the molecule is Cc1nn(Cc2ccncc2C#N)c(C)c1NC(=O)c1cc(C(N)=O)nc2cc(F)c(Cl)cc12. The summed E-state index contributed by atoms with van der Waals surface area (Å²) in [5.74, 6) is -2.18. The quantitative estimate of drug-likeness (QED) is 0.450. The molecule has 3 aromatic heterocycles. The third kappa shape index (κ3) is 4.16. The molecule has 0 atom stereocenters. The van der Waals surface area contributed by atoms with Gasteiger partial charge in [0.2, 0.25) is 0 Å². The lowest BCUT2D eigenvalue weighted by atomic mass is 10.1. The van der Waals surface area contributed by atoms with E-state index in [9.17, 15) is 19.2 Å². The van der Waals surface area contributed by atoms with Crippen LogP contribution in [0.25, 0.3) is 10.9 Å². The predicted molar refractivity (Wildman–Crippen MR) is 123 cm³/mol. The maximum Gasteiger partial charge on any atom is 0.267 e. The molecule has 0 unspecified atom stereocenters. The number of hydrogen-bond donors (Lipinski definition) is 2. The number of benzene rings is 1. The van der Waals surface area contributed by atoms with Crippen LogP contribution in [-0.2, 0) is 6.54 Å². The van der Waals surface area contributed by atoms with Crippen molar-refractivity contribution in [3.8, 4) is 6.07 Å². The first-order chi connectivity index (χ1) is 16.2. The van der Waals surface area contributed by atoms with E-state index in [0.29, 0.717) is 29.2 Å². The van der Waals surface area contributed by atoms with Crippen molar-refractivity contribution in [1.29, 1.82) is 5.26 Å². The molecule has 0 aliphatic carbocycles. The number of anilines is 1. The summed E-state index contributed by atoms with van der Waals surface area (Å²) in [5.41, 5.74) is 8.06. The maximum absolute atomic E-state index is 14.0. The zero-order valence-electron chi connectivity index (χ0n) is 18.1. The first kappa shape index (κ1) is 22.8. The first-order valence-corrected chi connectivity index (χ1v) is 10.3. The molecule has 0 spiro atoms. The number of primary amides is 1. The molecule has 11 heteroatoms. The standard InChI is InChI=1S/C23H17ClFN7O2/c1-11-21(12(2)32(31-11)10-13-3-4-28-9-14(13)8-26)30-23(34)16-6-20(22(27)33)29-19-7-18(25)17(24)5-15(16)19/h3-7,9H,10H2,1-2H3,(H2,27,33)(H,30,34). The van der Waals surface area contributed by atoms with Crippen molar-refractivity contribution in [2.75, 3.05) is 5.32 Å². The van der Waals surface area contributed by atoms with E-state index in [0.717, 1.165) is 11.6 Å². The van der Waals surface area contributed by atoms with Gasteiger partial charge in [-0.2, -0.15) is 10.4 Å². The molecule has 9 nitrogen and oxygen atoms in total. The zero-order chi connectivity index (χ0) is 24.6. The molecule has 3 N–H and O–H groups in total. The third-order valence-electron chi connectivity index (χ3n) is 5.32. The van der Waals surface area contributed by atoms with Crippen molar-refractivity contribution in [1.82, 2.24) is 19.7 Å². The highest BCUT2D eigenvalue weighted by Crippen LogP contribution is 2.27. The average molecular weight is 478 g/mol. The zero-order valence-corrected chi connectivity index (χ0v) is 18.8. The summed E-state index contributed by atoms with van der Waals surface area (Å²) in [5, 5.41) is 16.7. The molecular weight excluding hydrogens is 461 g/mol. The van der Waals surface area contributed by atoms with Crippen LogP contribution < -0.4 is 11.1 Å². The minimum Gasteiger partial charge on any atom is -0.364 e. The molecule has 0 aliphatic rings. The second-order valence-electron chi connectivity index (χ2n) is 7.50. The molecule has 0 bridgehead atoms. The fraction of sp³-hybridized carbons (Fsp3) is 0.130. The Labute approximate surface area is 198 Å². The molecule has 0 radical (unpaired) electrons. The van der Waals surface area contributed by atoms with Gasteiger partial charge in [-0.3, -0.25) is 19.3 Å². The molecule has 0 saturated carbocycles. The lowest BCUT2D eigenvalue weighted by Gasteiger charge is -2.11. The van der Waals surface area contributed by atoms with Gasteiger partial charge in [0.15, 0.2) is 0 Å². The molecule has 4 aromatic rings. The highest BCUT2D eigenvalue weighted by molar-refractivity contribution is 6.31. The van der Waals surface area contributed by atoms with Gasteiger partial charge in [-0.15, -0.1) is 0 Å². The Morgan fingerprint density at radius 3 is 2.76 bits per heavy atom. The van der Waals surface area contributed by atoms with Gasteiger partial charge in [-0.05, 0) is 37.6 Å². The summed E-state index contributed by atoms with van der Waals surface area (Å²) in [6.45, 7) is 3.80. The Morgan fingerprint density at radius 1 is 1.29 bits per heavy atom. The molecule has 170 valence electrons. The van der Waals surface area contributed by atoms with Crippen LogP contribution in [-0.4, -0.2) is 31.6 Å². The first-order valence-electron chi connectivity index (χ1n) is 9.97. The van der Waals surface area contributed by atoms with Crippen LogP contribution in [0.3, 0.4) is 0 Å². The lowest BCUT2D eigenvalue weighted by molar-refractivity contribution is 0.0996. The van der Waals surface area contributed by atoms with Crippen molar-refractivity contribution in [3.63, 3.8) is 0 Å². The number of rotatable bonds is 5. The molecule has 2 amide bonds. The Hall–Kier alpha value is -4.36. The van der Waals surface area contributed by atoms with Gasteiger partial charge < -0.3 is 11.1 Å². The van der Waals surface area contributed by atoms with Crippen LogP contribution >= 0.6 is 11.6 Å². The van der Waals surface area contributed by atoms with E-state index >= 15 is 0 Å². The molecule has 34 heavy (non-hydrogen) atoms. The number of amides is 2. The second kappa shape index (κ2) is 8.88. The van der Waals surface area contributed by atoms with Gasteiger partial charge in [0, 0.05) is 23.8 Å². The van der Waals surface area contributed by atoms with Crippen molar-refractivity contribution in [2.24, 2.45) is 5.73 Å². The number of hydrogen-bond acceptors (Lipinski definition) is 6. The fourth-order valence-corrected chi connectivity index (χ4v) is 3.73. The molecular formula is C23H17ClFN7O2. The van der Waals surface area contributed by atoms with Gasteiger partial charge >= 0.3 is 0 Å². The van der Waals surface area contributed by atoms with Crippen molar-refractivity contribution in [3.05, 3.63) is 81.3 Å². The number of fused-ring (bicyclic) bond motifs is 1. The van der Waals surface area contributed by atoms with Crippen LogP contribution in [0.1, 0.15) is 43.4 Å². The Morgan fingerprint density at radius 2 is 2.06 bits per heavy atom. The van der Waals surface area contributed by atoms with Gasteiger partial charge in [-0.1, -0.05) is 11.6 Å². The van der Waals surface area contributed by atoms with E-state index in [2.05, 4.69) is 26.5 Å². The molecule has 0 saturated heterocycles. The summed E-state index contributed by atoms with van der Waals surface area (Å²) in [6.07, 6.45) is 3.06. The number of pyridine rings is 2. The summed E-state index contributed by atoms with van der Waals surface area (Å²) in [6, 6.07) is 7.37. The average Bonchev–Trinajstić information content (AvgIpc) is 3.06. The summed E-state index contributed by atoms with van der Waals surface area (Å²) >= 11 is 5.92. The lowest BCUT2D eigenvalue weighted by Crippen LogP contribution is -2.18. The number of carbonyl (C=O) groups excluding carboxylic acids is 2.